The van der Waals surface area contributed by atoms with Crippen LogP contribution >= 0.6 is 11.6 Å². The smallest absolute Gasteiger partial charge is 0.418 e. The second-order valence-electron chi connectivity index (χ2n) is 8.11. The molecule has 4 rings (SSSR count). The van der Waals surface area contributed by atoms with Crippen molar-refractivity contribution in [2.24, 2.45) is 0 Å². The van der Waals surface area contributed by atoms with E-state index in [1.54, 1.807) is 36.4 Å². The molecule has 0 aliphatic heterocycles. The third-order valence-corrected chi connectivity index (χ3v) is 5.77. The van der Waals surface area contributed by atoms with E-state index in [0.29, 0.717) is 22.3 Å². The third kappa shape index (κ3) is 6.27. The molecular weight excluding hydrogens is 537 g/mol. The van der Waals surface area contributed by atoms with Crippen LogP contribution in [0.15, 0.2) is 72.9 Å². The van der Waals surface area contributed by atoms with Crippen molar-refractivity contribution in [3.8, 4) is 11.5 Å². The largest absolute Gasteiger partial charge is 0.457 e. The summed E-state index contributed by atoms with van der Waals surface area (Å²) in [6.07, 6.45) is -3.38. The number of aromatic nitrogens is 1. The molecule has 0 atom stereocenters. The van der Waals surface area contributed by atoms with Gasteiger partial charge < -0.3 is 20.7 Å². The summed E-state index contributed by atoms with van der Waals surface area (Å²) in [4.78, 5) is 40.6. The zero-order chi connectivity index (χ0) is 28.2. The van der Waals surface area contributed by atoms with Gasteiger partial charge in [0.2, 0.25) is 5.91 Å². The second-order valence-corrected chi connectivity index (χ2v) is 8.38. The first-order chi connectivity index (χ1) is 18.6. The van der Waals surface area contributed by atoms with Crippen molar-refractivity contribution in [3.05, 3.63) is 89.7 Å². The molecule has 0 saturated heterocycles. The minimum Gasteiger partial charge on any atom is -0.457 e. The van der Waals surface area contributed by atoms with E-state index in [-0.39, 0.29) is 22.9 Å². The SMILES string of the molecule is CNC(=O)c1cc(Oc2cccc3c(C(=O)Nc4ccc(NC(=O)CCl)c(C(F)(F)F)c4)cccc23)ccn1. The number of ether oxygens (including phenoxy) is 1. The number of nitrogens with zero attached hydrogens (tertiary/aromatic N) is 1. The van der Waals surface area contributed by atoms with Crippen LogP contribution in [0.2, 0.25) is 0 Å². The highest BCUT2D eigenvalue weighted by Crippen LogP contribution is 2.37. The van der Waals surface area contributed by atoms with Crippen LogP contribution in [-0.4, -0.2) is 35.6 Å². The minimum atomic E-state index is -4.80. The molecule has 8 nitrogen and oxygen atoms in total. The molecule has 0 unspecified atom stereocenters. The number of fused-ring (bicyclic) bond motifs is 1. The highest BCUT2D eigenvalue weighted by Gasteiger charge is 2.34. The summed E-state index contributed by atoms with van der Waals surface area (Å²) < 4.78 is 46.8. The van der Waals surface area contributed by atoms with Gasteiger partial charge in [-0.25, -0.2) is 0 Å². The molecule has 4 aromatic rings. The van der Waals surface area contributed by atoms with Gasteiger partial charge in [-0.1, -0.05) is 24.3 Å². The molecule has 1 aromatic heterocycles. The Balaban J connectivity index is 1.64. The molecule has 3 aromatic carbocycles. The molecule has 0 fully saturated rings. The summed E-state index contributed by atoms with van der Waals surface area (Å²) in [5.74, 6) is -1.64. The van der Waals surface area contributed by atoms with Crippen LogP contribution in [0.5, 0.6) is 11.5 Å². The van der Waals surface area contributed by atoms with Gasteiger partial charge in [-0.05, 0) is 41.8 Å². The summed E-state index contributed by atoms with van der Waals surface area (Å²) in [5, 5.41) is 8.10. The molecule has 39 heavy (non-hydrogen) atoms. The molecule has 200 valence electrons. The molecule has 0 spiro atoms. The number of carbonyl (C=O) groups excluding carboxylic acids is 3. The lowest BCUT2D eigenvalue weighted by Crippen LogP contribution is -2.19. The molecule has 0 radical (unpaired) electrons. The van der Waals surface area contributed by atoms with Crippen molar-refractivity contribution in [1.82, 2.24) is 10.3 Å². The lowest BCUT2D eigenvalue weighted by Gasteiger charge is -2.16. The first kappa shape index (κ1) is 27.4. The molecule has 12 heteroatoms. The third-order valence-electron chi connectivity index (χ3n) is 5.52. The first-order valence-corrected chi connectivity index (χ1v) is 11.9. The topological polar surface area (TPSA) is 109 Å². The van der Waals surface area contributed by atoms with Crippen molar-refractivity contribution >= 4 is 51.5 Å². The quantitative estimate of drug-likeness (QED) is 0.248. The zero-order valence-electron chi connectivity index (χ0n) is 20.2. The predicted molar refractivity (Wildman–Crippen MR) is 140 cm³/mol. The Morgan fingerprint density at radius 2 is 1.67 bits per heavy atom. The lowest BCUT2D eigenvalue weighted by molar-refractivity contribution is -0.136. The Morgan fingerprint density at radius 1 is 0.923 bits per heavy atom. The van der Waals surface area contributed by atoms with E-state index in [1.165, 1.54) is 31.4 Å². The minimum absolute atomic E-state index is 0.126. The van der Waals surface area contributed by atoms with Gasteiger partial charge in [0.05, 0.1) is 11.3 Å². The van der Waals surface area contributed by atoms with E-state index in [4.69, 9.17) is 16.3 Å². The van der Waals surface area contributed by atoms with Gasteiger partial charge in [0, 0.05) is 35.9 Å². The van der Waals surface area contributed by atoms with Gasteiger partial charge in [0.25, 0.3) is 11.8 Å². The Bertz CT molecular complexity index is 1580. The number of nitrogens with one attached hydrogen (secondary N) is 3. The molecule has 3 amide bonds. The summed E-state index contributed by atoms with van der Waals surface area (Å²) >= 11 is 5.39. The number of halogens is 4. The maximum atomic E-state index is 13.6. The van der Waals surface area contributed by atoms with Crippen molar-refractivity contribution in [3.63, 3.8) is 0 Å². The fourth-order valence-electron chi connectivity index (χ4n) is 3.77. The predicted octanol–water partition coefficient (Wildman–Crippen LogP) is 5.84. The van der Waals surface area contributed by atoms with Crippen molar-refractivity contribution < 1.29 is 32.3 Å². The number of anilines is 2. The average molecular weight is 557 g/mol. The van der Waals surface area contributed by atoms with Crippen LogP contribution in [0.1, 0.15) is 26.4 Å². The van der Waals surface area contributed by atoms with Crippen molar-refractivity contribution in [2.45, 2.75) is 6.18 Å². The highest BCUT2D eigenvalue weighted by atomic mass is 35.5. The number of carbonyl (C=O) groups is 3. The van der Waals surface area contributed by atoms with Crippen LogP contribution in [0.25, 0.3) is 10.8 Å². The fraction of sp³-hybridized carbons (Fsp3) is 0.111. The Hall–Kier alpha value is -4.64. The summed E-state index contributed by atoms with van der Waals surface area (Å²) in [6, 6.07) is 15.9. The molecule has 0 bridgehead atoms. The first-order valence-electron chi connectivity index (χ1n) is 11.4. The van der Waals surface area contributed by atoms with E-state index in [0.717, 1.165) is 12.1 Å². The summed E-state index contributed by atoms with van der Waals surface area (Å²) in [7, 11) is 1.48. The lowest BCUT2D eigenvalue weighted by atomic mass is 10.0. The van der Waals surface area contributed by atoms with Crippen molar-refractivity contribution in [1.29, 1.82) is 0 Å². The number of benzene rings is 3. The molecule has 0 aliphatic rings. The van der Waals surface area contributed by atoms with Gasteiger partial charge in [-0.3, -0.25) is 19.4 Å². The molecule has 0 saturated carbocycles. The van der Waals surface area contributed by atoms with E-state index in [2.05, 4.69) is 20.9 Å². The summed E-state index contributed by atoms with van der Waals surface area (Å²) in [5.41, 5.74) is -1.40. The molecule has 0 aliphatic carbocycles. The number of hydrogen-bond donors (Lipinski definition) is 3. The average Bonchev–Trinajstić information content (AvgIpc) is 2.92. The van der Waals surface area contributed by atoms with Gasteiger partial charge in [0.1, 0.15) is 23.1 Å². The molecule has 1 heterocycles. The Morgan fingerprint density at radius 3 is 2.38 bits per heavy atom. The van der Waals surface area contributed by atoms with E-state index < -0.39 is 35.1 Å². The van der Waals surface area contributed by atoms with E-state index in [1.807, 2.05) is 0 Å². The monoisotopic (exact) mass is 556 g/mol. The van der Waals surface area contributed by atoms with Gasteiger partial charge >= 0.3 is 6.18 Å². The van der Waals surface area contributed by atoms with Crippen LogP contribution in [0, 0.1) is 0 Å². The van der Waals surface area contributed by atoms with Gasteiger partial charge in [-0.2, -0.15) is 13.2 Å². The zero-order valence-corrected chi connectivity index (χ0v) is 21.0. The maximum absolute atomic E-state index is 13.6. The number of rotatable bonds is 7. The van der Waals surface area contributed by atoms with Gasteiger partial charge in [-0.15, -0.1) is 11.6 Å². The number of alkyl halides is 4. The van der Waals surface area contributed by atoms with Crippen molar-refractivity contribution in [2.75, 3.05) is 23.6 Å². The number of pyridine rings is 1. The number of amides is 3. The van der Waals surface area contributed by atoms with E-state index >= 15 is 0 Å². The normalized spacial score (nSPS) is 11.1. The fourth-order valence-corrected chi connectivity index (χ4v) is 3.84. The van der Waals surface area contributed by atoms with Crippen LogP contribution in [0.4, 0.5) is 24.5 Å². The Labute approximate surface area is 225 Å². The highest BCUT2D eigenvalue weighted by molar-refractivity contribution is 6.29. The van der Waals surface area contributed by atoms with Crippen LogP contribution in [0.3, 0.4) is 0 Å². The van der Waals surface area contributed by atoms with E-state index in [9.17, 15) is 27.6 Å². The van der Waals surface area contributed by atoms with Crippen LogP contribution < -0.4 is 20.7 Å². The Kier molecular flexibility index (Phi) is 8.01. The maximum Gasteiger partial charge on any atom is 0.418 e. The second kappa shape index (κ2) is 11.4. The standard InChI is InChI=1S/C27H20ClF3N4O4/c1-32-26(38)22-13-16(10-11-33-22)39-23-7-3-4-17-18(23)5-2-6-19(17)25(37)34-15-8-9-21(35-24(36)14-28)20(12-15)27(29,30)31/h2-13H,14H2,1H3,(H,32,38)(H,34,37)(H,35,36). The molecule has 3 N–H and O–H groups in total. The van der Waals surface area contributed by atoms with Crippen LogP contribution in [-0.2, 0) is 11.0 Å². The molecular formula is C27H20ClF3N4O4. The number of hydrogen-bond acceptors (Lipinski definition) is 5. The summed E-state index contributed by atoms with van der Waals surface area (Å²) in [6.45, 7) is 0. The van der Waals surface area contributed by atoms with Gasteiger partial charge in [0.15, 0.2) is 0 Å².